The molecule has 18 heavy (non-hydrogen) atoms. The van der Waals surface area contributed by atoms with E-state index in [9.17, 15) is 0 Å². The van der Waals surface area contributed by atoms with E-state index in [-0.39, 0.29) is 0 Å². The SMILES string of the molecule is NCc1cccc(-c2nc(-c3ncc[nH]3)no2)c1. The number of nitrogens with zero attached hydrogens (tertiary/aromatic N) is 3. The molecule has 3 N–H and O–H groups in total. The van der Waals surface area contributed by atoms with Crippen molar-refractivity contribution >= 4 is 0 Å². The highest BCUT2D eigenvalue weighted by Crippen LogP contribution is 2.20. The number of aromatic nitrogens is 4. The summed E-state index contributed by atoms with van der Waals surface area (Å²) >= 11 is 0. The Labute approximate surface area is 103 Å². The predicted octanol–water partition coefficient (Wildman–Crippen LogP) is 1.59. The van der Waals surface area contributed by atoms with E-state index < -0.39 is 0 Å². The standard InChI is InChI=1S/C12H11N5O/c13-7-8-2-1-3-9(6-8)12-16-11(17-18-12)10-14-4-5-15-10/h1-6H,7,13H2,(H,14,15). The van der Waals surface area contributed by atoms with Crippen molar-refractivity contribution < 1.29 is 4.52 Å². The Kier molecular flexibility index (Phi) is 2.62. The number of H-pyrrole nitrogens is 1. The van der Waals surface area contributed by atoms with Gasteiger partial charge in [-0.3, -0.25) is 0 Å². The molecule has 2 heterocycles. The van der Waals surface area contributed by atoms with Gasteiger partial charge in [-0.1, -0.05) is 17.3 Å². The zero-order chi connectivity index (χ0) is 12.4. The third-order valence-electron chi connectivity index (χ3n) is 2.55. The van der Waals surface area contributed by atoms with E-state index in [2.05, 4.69) is 20.1 Å². The lowest BCUT2D eigenvalue weighted by Gasteiger charge is -1.97. The Morgan fingerprint density at radius 3 is 3.06 bits per heavy atom. The molecule has 0 radical (unpaired) electrons. The third kappa shape index (κ3) is 1.89. The van der Waals surface area contributed by atoms with Crippen LogP contribution in [0.3, 0.4) is 0 Å². The van der Waals surface area contributed by atoms with E-state index in [0.29, 0.717) is 24.1 Å². The van der Waals surface area contributed by atoms with Crippen molar-refractivity contribution in [2.24, 2.45) is 5.73 Å². The zero-order valence-corrected chi connectivity index (χ0v) is 9.50. The van der Waals surface area contributed by atoms with Crippen molar-refractivity contribution in [3.63, 3.8) is 0 Å². The summed E-state index contributed by atoms with van der Waals surface area (Å²) in [6.45, 7) is 0.479. The van der Waals surface area contributed by atoms with Crippen LogP contribution in [0.25, 0.3) is 23.1 Å². The van der Waals surface area contributed by atoms with Gasteiger partial charge in [0.25, 0.3) is 5.89 Å². The van der Waals surface area contributed by atoms with Crippen molar-refractivity contribution in [3.8, 4) is 23.1 Å². The van der Waals surface area contributed by atoms with Crippen LogP contribution in [0.15, 0.2) is 41.2 Å². The maximum atomic E-state index is 5.60. The smallest absolute Gasteiger partial charge is 0.258 e. The fourth-order valence-corrected chi connectivity index (χ4v) is 1.66. The van der Waals surface area contributed by atoms with Gasteiger partial charge in [0.1, 0.15) is 0 Å². The van der Waals surface area contributed by atoms with Crippen molar-refractivity contribution in [1.82, 2.24) is 20.1 Å². The van der Waals surface area contributed by atoms with Gasteiger partial charge >= 0.3 is 0 Å². The molecular weight excluding hydrogens is 230 g/mol. The highest BCUT2D eigenvalue weighted by Gasteiger charge is 2.12. The Morgan fingerprint density at radius 2 is 2.28 bits per heavy atom. The summed E-state index contributed by atoms with van der Waals surface area (Å²) in [5.41, 5.74) is 7.47. The number of benzene rings is 1. The second kappa shape index (κ2) is 4.42. The van der Waals surface area contributed by atoms with Crippen LogP contribution >= 0.6 is 0 Å². The minimum absolute atomic E-state index is 0.438. The van der Waals surface area contributed by atoms with Crippen LogP contribution in [0.5, 0.6) is 0 Å². The summed E-state index contributed by atoms with van der Waals surface area (Å²) in [7, 11) is 0. The average molecular weight is 241 g/mol. The van der Waals surface area contributed by atoms with Crippen molar-refractivity contribution in [2.75, 3.05) is 0 Å². The molecule has 2 aromatic heterocycles. The van der Waals surface area contributed by atoms with Crippen LogP contribution in [0.2, 0.25) is 0 Å². The summed E-state index contributed by atoms with van der Waals surface area (Å²) in [5.74, 6) is 1.48. The Bertz CT molecular complexity index is 644. The first-order valence-corrected chi connectivity index (χ1v) is 5.49. The second-order valence-corrected chi connectivity index (χ2v) is 3.77. The second-order valence-electron chi connectivity index (χ2n) is 3.77. The van der Waals surface area contributed by atoms with Gasteiger partial charge in [-0.25, -0.2) is 4.98 Å². The lowest BCUT2D eigenvalue weighted by Crippen LogP contribution is -1.95. The molecule has 0 amide bonds. The summed E-state index contributed by atoms with van der Waals surface area (Å²) in [6, 6.07) is 7.69. The highest BCUT2D eigenvalue weighted by molar-refractivity contribution is 5.56. The van der Waals surface area contributed by atoms with Crippen molar-refractivity contribution in [2.45, 2.75) is 6.54 Å². The minimum Gasteiger partial charge on any atom is -0.342 e. The van der Waals surface area contributed by atoms with Gasteiger partial charge in [-0.15, -0.1) is 0 Å². The molecule has 6 heteroatoms. The molecule has 0 saturated carbocycles. The molecule has 0 aliphatic heterocycles. The van der Waals surface area contributed by atoms with E-state index in [0.717, 1.165) is 11.1 Å². The minimum atomic E-state index is 0.438. The summed E-state index contributed by atoms with van der Waals surface area (Å²) in [4.78, 5) is 11.3. The van der Waals surface area contributed by atoms with E-state index in [1.54, 1.807) is 12.4 Å². The van der Waals surface area contributed by atoms with Gasteiger partial charge < -0.3 is 15.2 Å². The molecule has 0 aliphatic rings. The van der Waals surface area contributed by atoms with Gasteiger partial charge in [0, 0.05) is 24.5 Å². The molecular formula is C12H11N5O. The maximum absolute atomic E-state index is 5.60. The Balaban J connectivity index is 1.97. The van der Waals surface area contributed by atoms with Crippen molar-refractivity contribution in [1.29, 1.82) is 0 Å². The normalized spacial score (nSPS) is 10.7. The van der Waals surface area contributed by atoms with Crippen LogP contribution in [0.4, 0.5) is 0 Å². The van der Waals surface area contributed by atoms with Crippen LogP contribution in [-0.2, 0) is 6.54 Å². The first-order chi connectivity index (χ1) is 8.86. The Hall–Kier alpha value is -2.47. The molecule has 90 valence electrons. The number of imidazole rings is 1. The van der Waals surface area contributed by atoms with Crippen LogP contribution in [-0.4, -0.2) is 20.1 Å². The number of nitrogens with one attached hydrogen (secondary N) is 1. The molecule has 6 nitrogen and oxygen atoms in total. The summed E-state index contributed by atoms with van der Waals surface area (Å²) < 4.78 is 5.21. The van der Waals surface area contributed by atoms with E-state index >= 15 is 0 Å². The van der Waals surface area contributed by atoms with Crippen molar-refractivity contribution in [3.05, 3.63) is 42.2 Å². The predicted molar refractivity (Wildman–Crippen MR) is 65.2 cm³/mol. The number of rotatable bonds is 3. The summed E-state index contributed by atoms with van der Waals surface area (Å²) in [5, 5.41) is 3.88. The lowest BCUT2D eigenvalue weighted by atomic mass is 10.1. The molecule has 0 bridgehead atoms. The van der Waals surface area contributed by atoms with Gasteiger partial charge in [-0.2, -0.15) is 4.98 Å². The summed E-state index contributed by atoms with van der Waals surface area (Å²) in [6.07, 6.45) is 3.35. The number of hydrogen-bond donors (Lipinski definition) is 2. The molecule has 3 aromatic rings. The fourth-order valence-electron chi connectivity index (χ4n) is 1.66. The quantitative estimate of drug-likeness (QED) is 0.726. The monoisotopic (exact) mass is 241 g/mol. The third-order valence-corrected chi connectivity index (χ3v) is 2.55. The number of aromatic amines is 1. The van der Waals surface area contributed by atoms with Gasteiger partial charge in [0.2, 0.25) is 5.82 Å². The van der Waals surface area contributed by atoms with Crippen LogP contribution in [0.1, 0.15) is 5.56 Å². The van der Waals surface area contributed by atoms with Gasteiger partial charge in [0.15, 0.2) is 5.82 Å². The number of nitrogens with two attached hydrogens (primary N) is 1. The highest BCUT2D eigenvalue weighted by atomic mass is 16.5. The van der Waals surface area contributed by atoms with E-state index in [1.165, 1.54) is 0 Å². The Morgan fingerprint density at radius 1 is 1.33 bits per heavy atom. The first-order valence-electron chi connectivity index (χ1n) is 5.49. The topological polar surface area (TPSA) is 93.6 Å². The first kappa shape index (κ1) is 10.7. The van der Waals surface area contributed by atoms with E-state index in [1.807, 2.05) is 24.3 Å². The molecule has 0 spiro atoms. The largest absolute Gasteiger partial charge is 0.342 e. The molecule has 0 unspecified atom stereocenters. The zero-order valence-electron chi connectivity index (χ0n) is 9.50. The van der Waals surface area contributed by atoms with E-state index in [4.69, 9.17) is 10.3 Å². The molecule has 0 saturated heterocycles. The number of hydrogen-bond acceptors (Lipinski definition) is 5. The fraction of sp³-hybridized carbons (Fsp3) is 0.0833. The molecule has 1 aromatic carbocycles. The molecule has 3 rings (SSSR count). The van der Waals surface area contributed by atoms with Crippen LogP contribution < -0.4 is 5.73 Å². The lowest BCUT2D eigenvalue weighted by molar-refractivity contribution is 0.432. The van der Waals surface area contributed by atoms with Gasteiger partial charge in [-0.05, 0) is 17.7 Å². The van der Waals surface area contributed by atoms with Gasteiger partial charge in [0.05, 0.1) is 0 Å². The maximum Gasteiger partial charge on any atom is 0.258 e. The molecule has 0 atom stereocenters. The average Bonchev–Trinajstić information content (AvgIpc) is 3.09. The molecule has 0 aliphatic carbocycles. The molecule has 0 fully saturated rings. The van der Waals surface area contributed by atoms with Crippen LogP contribution in [0, 0.1) is 0 Å².